The van der Waals surface area contributed by atoms with Crippen molar-refractivity contribution in [2.45, 2.75) is 33.1 Å². The molecule has 3 amide bonds. The smallest absolute Gasteiger partial charge is 0.307 e. The Bertz CT molecular complexity index is 714. The Kier molecular flexibility index (Phi) is 5.95. The molecule has 0 aliphatic carbocycles. The first-order valence-electron chi connectivity index (χ1n) is 8.00. The fourth-order valence-electron chi connectivity index (χ4n) is 2.44. The van der Waals surface area contributed by atoms with Crippen LogP contribution in [0.4, 0.5) is 10.5 Å². The van der Waals surface area contributed by atoms with Crippen molar-refractivity contribution in [3.8, 4) is 0 Å². The first-order valence-corrected chi connectivity index (χ1v) is 8.00. The van der Waals surface area contributed by atoms with E-state index in [-0.39, 0.29) is 11.8 Å². The lowest BCUT2D eigenvalue weighted by Gasteiger charge is -2.16. The molecule has 0 unspecified atom stereocenters. The minimum absolute atomic E-state index is 0.237. The van der Waals surface area contributed by atoms with Gasteiger partial charge in [0.05, 0.1) is 5.92 Å². The second-order valence-electron chi connectivity index (χ2n) is 5.74. The van der Waals surface area contributed by atoms with Crippen LogP contribution < -0.4 is 16.2 Å². The third-order valence-electron chi connectivity index (χ3n) is 3.99. The summed E-state index contributed by atoms with van der Waals surface area (Å²) < 4.78 is 0. The number of hydrogen-bond donors (Lipinski definition) is 3. The zero-order chi connectivity index (χ0) is 17.5. The number of carbonyl (C=O) groups is 2. The van der Waals surface area contributed by atoms with Gasteiger partial charge in [0.25, 0.3) is 0 Å². The number of rotatable bonds is 4. The second kappa shape index (κ2) is 8.15. The van der Waals surface area contributed by atoms with Crippen LogP contribution in [0.1, 0.15) is 36.0 Å². The van der Waals surface area contributed by atoms with Gasteiger partial charge >= 0.3 is 6.03 Å². The third-order valence-corrected chi connectivity index (χ3v) is 3.99. The van der Waals surface area contributed by atoms with Crippen LogP contribution in [0.15, 0.2) is 48.5 Å². The van der Waals surface area contributed by atoms with Crippen LogP contribution in [0.2, 0.25) is 0 Å². The molecule has 1 atom stereocenters. The highest BCUT2D eigenvalue weighted by Gasteiger charge is 2.18. The molecule has 5 nitrogen and oxygen atoms in total. The van der Waals surface area contributed by atoms with Crippen LogP contribution in [0, 0.1) is 13.8 Å². The maximum Gasteiger partial charge on any atom is 0.337 e. The lowest BCUT2D eigenvalue weighted by atomic mass is 9.96. The molecule has 0 saturated heterocycles. The monoisotopic (exact) mass is 325 g/mol. The van der Waals surface area contributed by atoms with E-state index in [0.717, 1.165) is 16.7 Å². The maximum atomic E-state index is 12.3. The largest absolute Gasteiger partial charge is 0.337 e. The first kappa shape index (κ1) is 17.5. The average molecular weight is 325 g/mol. The Labute approximate surface area is 142 Å². The van der Waals surface area contributed by atoms with E-state index in [9.17, 15) is 9.59 Å². The number of carbonyl (C=O) groups excluding carboxylic acids is 2. The summed E-state index contributed by atoms with van der Waals surface area (Å²) in [5.41, 5.74) is 8.73. The van der Waals surface area contributed by atoms with Gasteiger partial charge in [-0.2, -0.15) is 0 Å². The predicted octanol–water partition coefficient (Wildman–Crippen LogP) is 3.65. The van der Waals surface area contributed by atoms with Crippen molar-refractivity contribution in [3.63, 3.8) is 0 Å². The van der Waals surface area contributed by atoms with Gasteiger partial charge in [0.2, 0.25) is 5.91 Å². The summed E-state index contributed by atoms with van der Waals surface area (Å²) in [6, 6.07) is 14.7. The van der Waals surface area contributed by atoms with E-state index in [2.05, 4.69) is 16.2 Å². The number of aryl methyl sites for hydroxylation is 2. The van der Waals surface area contributed by atoms with Crippen LogP contribution in [-0.4, -0.2) is 11.9 Å². The Morgan fingerprint density at radius 1 is 0.958 bits per heavy atom. The van der Waals surface area contributed by atoms with Crippen molar-refractivity contribution >= 4 is 17.6 Å². The van der Waals surface area contributed by atoms with Crippen molar-refractivity contribution in [2.75, 3.05) is 5.32 Å². The van der Waals surface area contributed by atoms with Crippen LogP contribution in [0.3, 0.4) is 0 Å². The molecule has 0 heterocycles. The van der Waals surface area contributed by atoms with Gasteiger partial charge in [-0.05, 0) is 49.1 Å². The van der Waals surface area contributed by atoms with E-state index in [1.54, 1.807) is 0 Å². The standard InChI is InChI=1S/C19H23N3O2/c1-4-17(15-8-6-5-7-9-15)18(23)21-22-19(24)20-16-11-10-13(2)14(3)12-16/h5-12,17H,4H2,1-3H3,(H,21,23)(H2,20,22,24)/t17-/m1/s1. The predicted molar refractivity (Wildman–Crippen MR) is 95.7 cm³/mol. The summed E-state index contributed by atoms with van der Waals surface area (Å²) in [4.78, 5) is 24.2. The van der Waals surface area contributed by atoms with E-state index in [1.165, 1.54) is 0 Å². The van der Waals surface area contributed by atoms with Crippen LogP contribution in [0.25, 0.3) is 0 Å². The first-order chi connectivity index (χ1) is 11.5. The topological polar surface area (TPSA) is 70.2 Å². The molecular weight excluding hydrogens is 302 g/mol. The molecule has 126 valence electrons. The van der Waals surface area contributed by atoms with Crippen LogP contribution in [-0.2, 0) is 4.79 Å². The molecule has 0 fully saturated rings. The summed E-state index contributed by atoms with van der Waals surface area (Å²) in [5, 5.41) is 2.70. The van der Waals surface area contributed by atoms with E-state index < -0.39 is 6.03 Å². The molecule has 0 aromatic heterocycles. The molecular formula is C19H23N3O2. The van der Waals surface area contributed by atoms with Gasteiger partial charge in [-0.15, -0.1) is 0 Å². The van der Waals surface area contributed by atoms with Gasteiger partial charge in [-0.3, -0.25) is 10.2 Å². The third kappa shape index (κ3) is 4.59. The molecule has 0 spiro atoms. The van der Waals surface area contributed by atoms with Gasteiger partial charge in [0.15, 0.2) is 0 Å². The summed E-state index contributed by atoms with van der Waals surface area (Å²) in [6.07, 6.45) is 0.649. The average Bonchev–Trinajstić information content (AvgIpc) is 2.58. The molecule has 2 aromatic carbocycles. The second-order valence-corrected chi connectivity index (χ2v) is 5.74. The van der Waals surface area contributed by atoms with Gasteiger partial charge in [0, 0.05) is 5.69 Å². The molecule has 5 heteroatoms. The zero-order valence-corrected chi connectivity index (χ0v) is 14.2. The number of hydrogen-bond acceptors (Lipinski definition) is 2. The lowest BCUT2D eigenvalue weighted by molar-refractivity contribution is -0.123. The van der Waals surface area contributed by atoms with Gasteiger partial charge in [-0.25, -0.2) is 10.2 Å². The van der Waals surface area contributed by atoms with Crippen molar-refractivity contribution < 1.29 is 9.59 Å². The molecule has 0 radical (unpaired) electrons. The normalized spacial score (nSPS) is 11.5. The number of hydrazine groups is 1. The summed E-state index contributed by atoms with van der Waals surface area (Å²) in [7, 11) is 0. The van der Waals surface area contributed by atoms with Gasteiger partial charge < -0.3 is 5.32 Å². The summed E-state index contributed by atoms with van der Waals surface area (Å²) in [6.45, 7) is 5.92. The SMILES string of the molecule is CC[C@@H](C(=O)NNC(=O)Nc1ccc(C)c(C)c1)c1ccccc1. The van der Waals surface area contributed by atoms with Crippen molar-refractivity contribution in [3.05, 3.63) is 65.2 Å². The van der Waals surface area contributed by atoms with E-state index in [0.29, 0.717) is 12.1 Å². The number of amides is 3. The molecule has 0 bridgehead atoms. The van der Waals surface area contributed by atoms with Gasteiger partial charge in [0.1, 0.15) is 0 Å². The molecule has 24 heavy (non-hydrogen) atoms. The Hall–Kier alpha value is -2.82. The van der Waals surface area contributed by atoms with E-state index in [4.69, 9.17) is 0 Å². The minimum atomic E-state index is -0.477. The fourth-order valence-corrected chi connectivity index (χ4v) is 2.44. The number of anilines is 1. The Balaban J connectivity index is 1.90. The molecule has 0 aliphatic rings. The van der Waals surface area contributed by atoms with Crippen LogP contribution in [0.5, 0.6) is 0 Å². The quantitative estimate of drug-likeness (QED) is 0.751. The zero-order valence-electron chi connectivity index (χ0n) is 14.2. The Morgan fingerprint density at radius 3 is 2.29 bits per heavy atom. The highest BCUT2D eigenvalue weighted by Crippen LogP contribution is 2.19. The molecule has 3 N–H and O–H groups in total. The minimum Gasteiger partial charge on any atom is -0.307 e. The van der Waals surface area contributed by atoms with Crippen molar-refractivity contribution in [1.29, 1.82) is 0 Å². The highest BCUT2D eigenvalue weighted by atomic mass is 16.2. The molecule has 0 saturated carbocycles. The molecule has 2 aromatic rings. The summed E-state index contributed by atoms with van der Waals surface area (Å²) >= 11 is 0. The molecule has 2 rings (SSSR count). The van der Waals surface area contributed by atoms with Crippen molar-refractivity contribution in [2.24, 2.45) is 0 Å². The lowest BCUT2D eigenvalue weighted by Crippen LogP contribution is -2.45. The summed E-state index contributed by atoms with van der Waals surface area (Å²) in [5.74, 6) is -0.535. The Morgan fingerprint density at radius 2 is 1.67 bits per heavy atom. The van der Waals surface area contributed by atoms with E-state index >= 15 is 0 Å². The maximum absolute atomic E-state index is 12.3. The van der Waals surface area contributed by atoms with Crippen LogP contribution >= 0.6 is 0 Å². The number of benzene rings is 2. The fraction of sp³-hybridized carbons (Fsp3) is 0.263. The number of nitrogens with one attached hydrogen (secondary N) is 3. The van der Waals surface area contributed by atoms with Gasteiger partial charge in [-0.1, -0.05) is 43.3 Å². The van der Waals surface area contributed by atoms with Crippen molar-refractivity contribution in [1.82, 2.24) is 10.9 Å². The highest BCUT2D eigenvalue weighted by molar-refractivity contribution is 5.92. The van der Waals surface area contributed by atoms with E-state index in [1.807, 2.05) is 69.3 Å². The number of urea groups is 1. The molecule has 0 aliphatic heterocycles.